The molecule has 19 heavy (non-hydrogen) atoms. The highest BCUT2D eigenvalue weighted by Gasteiger charge is 2.39. The number of likely N-dealkylation sites (tertiary alicyclic amines) is 1. The second kappa shape index (κ2) is 7.08. The standard InChI is InChI=1S/C17H34N2/c1-4-11-18-16-15(9-8-10-17(16,2)3)14-19-12-6-5-7-13-19/h15-16,18H,4-14H2,1-3H3. The molecule has 0 spiro atoms. The lowest BCUT2D eigenvalue weighted by Crippen LogP contribution is -2.53. The Morgan fingerprint density at radius 3 is 2.53 bits per heavy atom. The molecule has 2 atom stereocenters. The van der Waals surface area contributed by atoms with E-state index in [0.29, 0.717) is 5.41 Å². The van der Waals surface area contributed by atoms with Gasteiger partial charge < -0.3 is 10.2 Å². The number of hydrogen-bond donors (Lipinski definition) is 1. The molecule has 1 N–H and O–H groups in total. The molecule has 2 aliphatic rings. The normalized spacial score (nSPS) is 32.4. The van der Waals surface area contributed by atoms with Gasteiger partial charge in [-0.25, -0.2) is 0 Å². The predicted octanol–water partition coefficient (Wildman–Crippen LogP) is 3.67. The van der Waals surface area contributed by atoms with Crippen molar-refractivity contribution in [2.45, 2.75) is 71.8 Å². The van der Waals surface area contributed by atoms with Crippen molar-refractivity contribution in [3.63, 3.8) is 0 Å². The fourth-order valence-electron chi connectivity index (χ4n) is 4.19. The first-order chi connectivity index (χ1) is 9.13. The zero-order valence-corrected chi connectivity index (χ0v) is 13.4. The topological polar surface area (TPSA) is 15.3 Å². The minimum atomic E-state index is 0.480. The molecule has 2 nitrogen and oxygen atoms in total. The molecule has 0 aromatic carbocycles. The zero-order valence-electron chi connectivity index (χ0n) is 13.4. The van der Waals surface area contributed by atoms with Crippen molar-refractivity contribution < 1.29 is 0 Å². The molecular weight excluding hydrogens is 232 g/mol. The Bertz CT molecular complexity index is 256. The van der Waals surface area contributed by atoms with Gasteiger partial charge in [0.1, 0.15) is 0 Å². The minimum absolute atomic E-state index is 0.480. The van der Waals surface area contributed by atoms with Crippen LogP contribution in [-0.4, -0.2) is 37.1 Å². The van der Waals surface area contributed by atoms with Gasteiger partial charge in [0.25, 0.3) is 0 Å². The van der Waals surface area contributed by atoms with E-state index in [9.17, 15) is 0 Å². The highest BCUT2D eigenvalue weighted by Crippen LogP contribution is 2.39. The van der Waals surface area contributed by atoms with Gasteiger partial charge in [0, 0.05) is 12.6 Å². The number of hydrogen-bond acceptors (Lipinski definition) is 2. The van der Waals surface area contributed by atoms with Crippen LogP contribution in [0.2, 0.25) is 0 Å². The van der Waals surface area contributed by atoms with Crippen molar-refractivity contribution >= 4 is 0 Å². The molecule has 1 saturated carbocycles. The van der Waals surface area contributed by atoms with E-state index in [1.165, 1.54) is 71.1 Å². The van der Waals surface area contributed by atoms with Crippen molar-refractivity contribution in [1.82, 2.24) is 10.2 Å². The first-order valence-corrected chi connectivity index (χ1v) is 8.59. The Labute approximate surface area is 120 Å². The quantitative estimate of drug-likeness (QED) is 0.817. The lowest BCUT2D eigenvalue weighted by Gasteiger charge is -2.46. The summed E-state index contributed by atoms with van der Waals surface area (Å²) in [4.78, 5) is 2.73. The van der Waals surface area contributed by atoms with Crippen LogP contribution in [0.5, 0.6) is 0 Å². The predicted molar refractivity (Wildman–Crippen MR) is 83.5 cm³/mol. The van der Waals surface area contributed by atoms with Crippen LogP contribution in [-0.2, 0) is 0 Å². The van der Waals surface area contributed by atoms with E-state index in [-0.39, 0.29) is 0 Å². The largest absolute Gasteiger partial charge is 0.313 e. The Kier molecular flexibility index (Phi) is 5.70. The van der Waals surface area contributed by atoms with E-state index in [0.717, 1.165) is 12.0 Å². The molecule has 1 aliphatic heterocycles. The summed E-state index contributed by atoms with van der Waals surface area (Å²) in [6.07, 6.45) is 9.79. The summed E-state index contributed by atoms with van der Waals surface area (Å²) >= 11 is 0. The van der Waals surface area contributed by atoms with Gasteiger partial charge in [-0.2, -0.15) is 0 Å². The van der Waals surface area contributed by atoms with Gasteiger partial charge in [-0.3, -0.25) is 0 Å². The second-order valence-corrected chi connectivity index (χ2v) is 7.43. The lowest BCUT2D eigenvalue weighted by molar-refractivity contribution is 0.0729. The smallest absolute Gasteiger partial charge is 0.0159 e. The molecule has 0 aromatic heterocycles. The van der Waals surface area contributed by atoms with E-state index < -0.39 is 0 Å². The van der Waals surface area contributed by atoms with Crippen LogP contribution in [0.3, 0.4) is 0 Å². The van der Waals surface area contributed by atoms with Gasteiger partial charge in [0.05, 0.1) is 0 Å². The van der Waals surface area contributed by atoms with Crippen molar-refractivity contribution in [3.8, 4) is 0 Å². The van der Waals surface area contributed by atoms with E-state index >= 15 is 0 Å². The van der Waals surface area contributed by atoms with Gasteiger partial charge in [-0.1, -0.05) is 33.6 Å². The number of nitrogens with one attached hydrogen (secondary N) is 1. The minimum Gasteiger partial charge on any atom is -0.313 e. The maximum Gasteiger partial charge on any atom is 0.0159 e. The maximum absolute atomic E-state index is 3.87. The molecule has 2 rings (SSSR count). The highest BCUT2D eigenvalue weighted by atomic mass is 15.1. The van der Waals surface area contributed by atoms with Gasteiger partial charge in [0.15, 0.2) is 0 Å². The third kappa shape index (κ3) is 4.19. The monoisotopic (exact) mass is 266 g/mol. The van der Waals surface area contributed by atoms with Crippen LogP contribution in [0.15, 0.2) is 0 Å². The third-order valence-corrected chi connectivity index (χ3v) is 5.26. The van der Waals surface area contributed by atoms with Crippen LogP contribution in [0, 0.1) is 11.3 Å². The molecule has 0 radical (unpaired) electrons. The van der Waals surface area contributed by atoms with E-state index in [1.807, 2.05) is 0 Å². The second-order valence-electron chi connectivity index (χ2n) is 7.43. The average molecular weight is 266 g/mol. The molecule has 0 aromatic rings. The lowest BCUT2D eigenvalue weighted by atomic mass is 9.67. The van der Waals surface area contributed by atoms with Crippen molar-refractivity contribution in [2.24, 2.45) is 11.3 Å². The summed E-state index contributed by atoms with van der Waals surface area (Å²) in [5.41, 5.74) is 0.480. The van der Waals surface area contributed by atoms with Crippen molar-refractivity contribution in [2.75, 3.05) is 26.2 Å². The molecule has 2 fully saturated rings. The molecule has 2 heteroatoms. The van der Waals surface area contributed by atoms with E-state index in [2.05, 4.69) is 31.0 Å². The van der Waals surface area contributed by atoms with Crippen LogP contribution in [0.1, 0.15) is 65.7 Å². The zero-order chi connectivity index (χ0) is 13.7. The molecule has 1 saturated heterocycles. The van der Waals surface area contributed by atoms with Crippen LogP contribution in [0.4, 0.5) is 0 Å². The number of nitrogens with zero attached hydrogens (tertiary/aromatic N) is 1. The molecule has 1 aliphatic carbocycles. The highest BCUT2D eigenvalue weighted by molar-refractivity contribution is 4.94. The SMILES string of the molecule is CCCNC1C(CN2CCCCC2)CCCC1(C)C. The molecule has 112 valence electrons. The Morgan fingerprint density at radius 2 is 1.84 bits per heavy atom. The molecular formula is C17H34N2. The first kappa shape index (κ1) is 15.3. The number of rotatable bonds is 5. The Balaban J connectivity index is 1.94. The molecule has 0 bridgehead atoms. The summed E-state index contributed by atoms with van der Waals surface area (Å²) < 4.78 is 0. The molecule has 0 amide bonds. The summed E-state index contributed by atoms with van der Waals surface area (Å²) in [6.45, 7) is 12.4. The molecule has 2 unspecified atom stereocenters. The van der Waals surface area contributed by atoms with E-state index in [4.69, 9.17) is 0 Å². The van der Waals surface area contributed by atoms with Gasteiger partial charge in [0.2, 0.25) is 0 Å². The Hall–Kier alpha value is -0.0800. The molecule has 1 heterocycles. The fourth-order valence-corrected chi connectivity index (χ4v) is 4.19. The van der Waals surface area contributed by atoms with Crippen LogP contribution >= 0.6 is 0 Å². The van der Waals surface area contributed by atoms with Crippen molar-refractivity contribution in [3.05, 3.63) is 0 Å². The summed E-state index contributed by atoms with van der Waals surface area (Å²) in [5.74, 6) is 0.869. The maximum atomic E-state index is 3.87. The summed E-state index contributed by atoms with van der Waals surface area (Å²) in [5, 5.41) is 3.87. The van der Waals surface area contributed by atoms with E-state index in [1.54, 1.807) is 0 Å². The average Bonchev–Trinajstić information content (AvgIpc) is 2.38. The summed E-state index contributed by atoms with van der Waals surface area (Å²) in [6, 6.07) is 0.725. The number of piperidine rings is 1. The summed E-state index contributed by atoms with van der Waals surface area (Å²) in [7, 11) is 0. The third-order valence-electron chi connectivity index (χ3n) is 5.26. The van der Waals surface area contributed by atoms with Crippen LogP contribution in [0.25, 0.3) is 0 Å². The first-order valence-electron chi connectivity index (χ1n) is 8.59. The van der Waals surface area contributed by atoms with Crippen molar-refractivity contribution in [1.29, 1.82) is 0 Å². The van der Waals surface area contributed by atoms with Gasteiger partial charge >= 0.3 is 0 Å². The van der Waals surface area contributed by atoms with Crippen LogP contribution < -0.4 is 5.32 Å². The van der Waals surface area contributed by atoms with Gasteiger partial charge in [-0.05, 0) is 63.1 Å². The fraction of sp³-hybridized carbons (Fsp3) is 1.00. The Morgan fingerprint density at radius 1 is 1.11 bits per heavy atom. The van der Waals surface area contributed by atoms with Gasteiger partial charge in [-0.15, -0.1) is 0 Å².